The number of benzene rings is 2. The van der Waals surface area contributed by atoms with E-state index in [-0.39, 0.29) is 0 Å². The zero-order chi connectivity index (χ0) is 15.3. The van der Waals surface area contributed by atoms with Crippen molar-refractivity contribution in [2.45, 2.75) is 40.2 Å². The van der Waals surface area contributed by atoms with Crippen molar-refractivity contribution in [3.63, 3.8) is 0 Å². The zero-order valence-corrected chi connectivity index (χ0v) is 13.8. The normalized spacial score (nSPS) is 11.4. The van der Waals surface area contributed by atoms with Crippen molar-refractivity contribution in [2.75, 3.05) is 0 Å². The summed E-state index contributed by atoms with van der Waals surface area (Å²) in [6.45, 7) is 7.31. The van der Waals surface area contributed by atoms with Crippen LogP contribution in [-0.4, -0.2) is 0 Å². The number of hydrogen-bond acceptors (Lipinski definition) is 1. The van der Waals surface area contributed by atoms with E-state index in [4.69, 9.17) is 16.3 Å². The van der Waals surface area contributed by atoms with Gasteiger partial charge < -0.3 is 4.74 Å². The van der Waals surface area contributed by atoms with Gasteiger partial charge in [0.05, 0.1) is 0 Å². The molecule has 0 heterocycles. The Morgan fingerprint density at radius 3 is 2.33 bits per heavy atom. The van der Waals surface area contributed by atoms with Crippen LogP contribution < -0.4 is 4.74 Å². The molecule has 0 bridgehead atoms. The van der Waals surface area contributed by atoms with E-state index in [0.29, 0.717) is 12.0 Å². The van der Waals surface area contributed by atoms with E-state index in [0.717, 1.165) is 29.2 Å². The van der Waals surface area contributed by atoms with Gasteiger partial charge in [0.2, 0.25) is 0 Å². The standard InChI is InChI=1S/C19H23ClO/c1-19(2,3)12-11-16-9-10-17(13-18(16)20)21-14-15-7-5-4-6-8-15/h4-10,13H,11-12,14H2,1-3H3. The fraction of sp³-hybridized carbons (Fsp3) is 0.368. The minimum absolute atomic E-state index is 0.325. The summed E-state index contributed by atoms with van der Waals surface area (Å²) in [6, 6.07) is 16.1. The topological polar surface area (TPSA) is 9.23 Å². The highest BCUT2D eigenvalue weighted by molar-refractivity contribution is 6.31. The van der Waals surface area contributed by atoms with E-state index in [9.17, 15) is 0 Å². The second-order valence-corrected chi connectivity index (χ2v) is 7.00. The second-order valence-electron chi connectivity index (χ2n) is 6.59. The summed E-state index contributed by atoms with van der Waals surface area (Å²) in [5.41, 5.74) is 2.68. The van der Waals surface area contributed by atoms with E-state index >= 15 is 0 Å². The molecule has 0 saturated heterocycles. The summed E-state index contributed by atoms with van der Waals surface area (Å²) >= 11 is 6.36. The highest BCUT2D eigenvalue weighted by atomic mass is 35.5. The third kappa shape index (κ3) is 5.43. The predicted octanol–water partition coefficient (Wildman–Crippen LogP) is 5.90. The quantitative estimate of drug-likeness (QED) is 0.668. The summed E-state index contributed by atoms with van der Waals surface area (Å²) in [5, 5.41) is 0.796. The van der Waals surface area contributed by atoms with Gasteiger partial charge in [-0.3, -0.25) is 0 Å². The Bertz CT molecular complexity index is 570. The molecular formula is C19H23ClO. The molecule has 0 amide bonds. The lowest BCUT2D eigenvalue weighted by molar-refractivity contribution is 0.306. The van der Waals surface area contributed by atoms with Crippen molar-refractivity contribution in [3.05, 3.63) is 64.7 Å². The van der Waals surface area contributed by atoms with Crippen LogP contribution in [0.1, 0.15) is 38.3 Å². The van der Waals surface area contributed by atoms with E-state index in [1.807, 2.05) is 30.3 Å². The van der Waals surface area contributed by atoms with Gasteiger partial charge in [0.15, 0.2) is 0 Å². The Morgan fingerprint density at radius 1 is 1.00 bits per heavy atom. The third-order valence-electron chi connectivity index (χ3n) is 3.42. The Labute approximate surface area is 132 Å². The van der Waals surface area contributed by atoms with E-state index in [1.54, 1.807) is 0 Å². The van der Waals surface area contributed by atoms with E-state index < -0.39 is 0 Å². The molecule has 0 aliphatic carbocycles. The first-order valence-corrected chi connectivity index (χ1v) is 7.77. The van der Waals surface area contributed by atoms with E-state index in [2.05, 4.69) is 39.0 Å². The van der Waals surface area contributed by atoms with Gasteiger partial charge in [0.25, 0.3) is 0 Å². The molecule has 0 saturated carbocycles. The first-order valence-electron chi connectivity index (χ1n) is 7.39. The molecule has 0 N–H and O–H groups in total. The summed E-state index contributed by atoms with van der Waals surface area (Å²) < 4.78 is 5.79. The molecule has 0 aliphatic rings. The van der Waals surface area contributed by atoms with Gasteiger partial charge in [-0.05, 0) is 41.5 Å². The monoisotopic (exact) mass is 302 g/mol. The molecule has 0 spiro atoms. The first kappa shape index (κ1) is 15.9. The zero-order valence-electron chi connectivity index (χ0n) is 13.0. The average Bonchev–Trinajstić information content (AvgIpc) is 2.44. The molecule has 1 nitrogen and oxygen atoms in total. The lowest BCUT2D eigenvalue weighted by Gasteiger charge is -2.18. The van der Waals surface area contributed by atoms with Gasteiger partial charge >= 0.3 is 0 Å². The minimum Gasteiger partial charge on any atom is -0.489 e. The van der Waals surface area contributed by atoms with Crippen LogP contribution in [0.25, 0.3) is 0 Å². The number of ether oxygens (including phenoxy) is 1. The number of hydrogen-bond donors (Lipinski definition) is 0. The molecule has 21 heavy (non-hydrogen) atoms. The van der Waals surface area contributed by atoms with Crippen LogP contribution in [-0.2, 0) is 13.0 Å². The van der Waals surface area contributed by atoms with Crippen molar-refractivity contribution >= 4 is 11.6 Å². The lowest BCUT2D eigenvalue weighted by atomic mass is 9.89. The summed E-state index contributed by atoms with van der Waals surface area (Å²) in [5.74, 6) is 0.823. The van der Waals surface area contributed by atoms with Crippen LogP contribution in [0.15, 0.2) is 48.5 Å². The highest BCUT2D eigenvalue weighted by Gasteiger charge is 2.11. The molecule has 0 atom stereocenters. The highest BCUT2D eigenvalue weighted by Crippen LogP contribution is 2.28. The molecule has 2 rings (SSSR count). The molecule has 2 aromatic rings. The number of rotatable bonds is 5. The predicted molar refractivity (Wildman–Crippen MR) is 90.0 cm³/mol. The van der Waals surface area contributed by atoms with Gasteiger partial charge in [-0.2, -0.15) is 0 Å². The number of halogens is 1. The molecule has 0 radical (unpaired) electrons. The Balaban J connectivity index is 1.95. The Hall–Kier alpha value is -1.47. The third-order valence-corrected chi connectivity index (χ3v) is 3.77. The van der Waals surface area contributed by atoms with Crippen LogP contribution >= 0.6 is 11.6 Å². The van der Waals surface area contributed by atoms with Crippen molar-refractivity contribution in [1.82, 2.24) is 0 Å². The molecule has 112 valence electrons. The molecule has 0 fully saturated rings. The Morgan fingerprint density at radius 2 is 1.71 bits per heavy atom. The summed E-state index contributed by atoms with van der Waals surface area (Å²) in [7, 11) is 0. The maximum atomic E-state index is 6.36. The summed E-state index contributed by atoms with van der Waals surface area (Å²) in [4.78, 5) is 0. The van der Waals surface area contributed by atoms with Crippen LogP contribution in [0, 0.1) is 5.41 Å². The summed E-state index contributed by atoms with van der Waals surface area (Å²) in [6.07, 6.45) is 2.12. The van der Waals surface area contributed by atoms with Crippen molar-refractivity contribution < 1.29 is 4.74 Å². The molecule has 2 aromatic carbocycles. The van der Waals surface area contributed by atoms with Crippen LogP contribution in [0.2, 0.25) is 5.02 Å². The van der Waals surface area contributed by atoms with Gasteiger partial charge in [0.1, 0.15) is 12.4 Å². The molecule has 2 heteroatoms. The van der Waals surface area contributed by atoms with Gasteiger partial charge in [0, 0.05) is 5.02 Å². The number of aryl methyl sites for hydroxylation is 1. The molecule has 0 aromatic heterocycles. The largest absolute Gasteiger partial charge is 0.489 e. The molecular weight excluding hydrogens is 280 g/mol. The minimum atomic E-state index is 0.325. The lowest BCUT2D eigenvalue weighted by Crippen LogP contribution is -2.06. The molecule has 0 aliphatic heterocycles. The maximum absolute atomic E-state index is 6.36. The van der Waals surface area contributed by atoms with Gasteiger partial charge in [-0.1, -0.05) is 68.8 Å². The van der Waals surface area contributed by atoms with Gasteiger partial charge in [-0.15, -0.1) is 0 Å². The average molecular weight is 303 g/mol. The van der Waals surface area contributed by atoms with Crippen LogP contribution in [0.3, 0.4) is 0 Å². The first-order chi connectivity index (χ1) is 9.94. The maximum Gasteiger partial charge on any atom is 0.121 e. The van der Waals surface area contributed by atoms with Crippen molar-refractivity contribution in [2.24, 2.45) is 5.41 Å². The van der Waals surface area contributed by atoms with Crippen LogP contribution in [0.5, 0.6) is 5.75 Å². The smallest absolute Gasteiger partial charge is 0.121 e. The van der Waals surface area contributed by atoms with Crippen molar-refractivity contribution in [3.8, 4) is 5.75 Å². The second kappa shape index (κ2) is 7.00. The van der Waals surface area contributed by atoms with E-state index in [1.165, 1.54) is 5.56 Å². The van der Waals surface area contributed by atoms with Gasteiger partial charge in [-0.25, -0.2) is 0 Å². The fourth-order valence-electron chi connectivity index (χ4n) is 2.07. The Kier molecular flexibility index (Phi) is 5.30. The molecule has 0 unspecified atom stereocenters. The fourth-order valence-corrected chi connectivity index (χ4v) is 2.34. The van der Waals surface area contributed by atoms with Crippen LogP contribution in [0.4, 0.5) is 0 Å². The van der Waals surface area contributed by atoms with Crippen molar-refractivity contribution in [1.29, 1.82) is 0 Å². The SMILES string of the molecule is CC(C)(C)CCc1ccc(OCc2ccccc2)cc1Cl.